The molecular weight excluding hydrogens is 328 g/mol. The maximum Gasteiger partial charge on any atom is 0.331 e. The molecule has 0 unspecified atom stereocenters. The highest BCUT2D eigenvalue weighted by Crippen LogP contribution is 2.19. The first kappa shape index (κ1) is 15.9. The first-order valence-electron chi connectivity index (χ1n) is 7.12. The van der Waals surface area contributed by atoms with Crippen LogP contribution in [-0.4, -0.2) is 29.9 Å². The highest BCUT2D eigenvalue weighted by molar-refractivity contribution is 7.08. The lowest BCUT2D eigenvalue weighted by Crippen LogP contribution is -2.53. The Bertz CT molecular complexity index is 810. The Hall–Kier alpha value is -2.93. The van der Waals surface area contributed by atoms with E-state index < -0.39 is 17.8 Å². The van der Waals surface area contributed by atoms with Gasteiger partial charge >= 0.3 is 6.03 Å². The predicted molar refractivity (Wildman–Crippen MR) is 89.4 cm³/mol. The molecule has 0 bridgehead atoms. The topological polar surface area (TPSA) is 75.7 Å². The molecule has 0 radical (unpaired) electrons. The normalized spacial score (nSPS) is 16.5. The van der Waals surface area contributed by atoms with Gasteiger partial charge in [-0.3, -0.25) is 19.8 Å². The lowest BCUT2D eigenvalue weighted by molar-refractivity contribution is -0.130. The second-order valence-electron chi connectivity index (χ2n) is 5.11. The number of benzene rings is 1. The monoisotopic (exact) mass is 342 g/mol. The smallest absolute Gasteiger partial charge is 0.331 e. The van der Waals surface area contributed by atoms with E-state index in [9.17, 15) is 14.4 Å². The minimum Gasteiger partial charge on any atom is -0.497 e. The van der Waals surface area contributed by atoms with E-state index in [0.29, 0.717) is 5.75 Å². The van der Waals surface area contributed by atoms with Gasteiger partial charge in [0, 0.05) is 0 Å². The molecule has 6 nitrogen and oxygen atoms in total. The Morgan fingerprint density at radius 2 is 1.92 bits per heavy atom. The van der Waals surface area contributed by atoms with Gasteiger partial charge in [0.15, 0.2) is 0 Å². The number of imide groups is 2. The Balaban J connectivity index is 1.85. The van der Waals surface area contributed by atoms with Crippen molar-refractivity contribution in [3.05, 3.63) is 57.8 Å². The highest BCUT2D eigenvalue weighted by atomic mass is 32.1. The number of ether oxygens (including phenoxy) is 1. The molecule has 122 valence electrons. The SMILES string of the molecule is COc1ccc(CN2C(=O)NC(=O)C(=Cc3ccsc3)C2=O)cc1. The molecule has 7 heteroatoms. The lowest BCUT2D eigenvalue weighted by atomic mass is 10.1. The number of carbonyl (C=O) groups excluding carboxylic acids is 3. The van der Waals surface area contributed by atoms with Crippen molar-refractivity contribution in [3.8, 4) is 5.75 Å². The number of amides is 4. The van der Waals surface area contributed by atoms with E-state index in [4.69, 9.17) is 4.74 Å². The average molecular weight is 342 g/mol. The number of methoxy groups -OCH3 is 1. The van der Waals surface area contributed by atoms with Gasteiger partial charge < -0.3 is 4.74 Å². The molecule has 2 heterocycles. The molecule has 2 aromatic rings. The molecule has 1 aromatic heterocycles. The Labute approximate surface area is 142 Å². The van der Waals surface area contributed by atoms with E-state index in [-0.39, 0.29) is 12.1 Å². The van der Waals surface area contributed by atoms with Crippen molar-refractivity contribution in [1.82, 2.24) is 10.2 Å². The number of barbiturate groups is 1. The van der Waals surface area contributed by atoms with Gasteiger partial charge in [-0.15, -0.1) is 0 Å². The van der Waals surface area contributed by atoms with Crippen LogP contribution < -0.4 is 10.1 Å². The standard InChI is InChI=1S/C17H14N2O4S/c1-23-13-4-2-11(3-5-13)9-19-16(21)14(15(20)18-17(19)22)8-12-6-7-24-10-12/h2-8,10H,9H2,1H3,(H,18,20,22). The Kier molecular flexibility index (Phi) is 4.43. The van der Waals surface area contributed by atoms with Crippen molar-refractivity contribution in [1.29, 1.82) is 0 Å². The van der Waals surface area contributed by atoms with E-state index in [1.807, 2.05) is 10.8 Å². The summed E-state index contributed by atoms with van der Waals surface area (Å²) in [6.45, 7) is 0.0723. The highest BCUT2D eigenvalue weighted by Gasteiger charge is 2.35. The fraction of sp³-hybridized carbons (Fsp3) is 0.118. The van der Waals surface area contributed by atoms with Crippen LogP contribution in [0.2, 0.25) is 0 Å². The van der Waals surface area contributed by atoms with Crippen molar-refractivity contribution >= 4 is 35.3 Å². The van der Waals surface area contributed by atoms with Crippen LogP contribution in [0.3, 0.4) is 0 Å². The van der Waals surface area contributed by atoms with Crippen LogP contribution in [-0.2, 0) is 16.1 Å². The Morgan fingerprint density at radius 3 is 2.54 bits per heavy atom. The minimum atomic E-state index is -0.719. The number of urea groups is 1. The van der Waals surface area contributed by atoms with Crippen molar-refractivity contribution < 1.29 is 19.1 Å². The lowest BCUT2D eigenvalue weighted by Gasteiger charge is -2.26. The minimum absolute atomic E-state index is 0.0542. The first-order chi connectivity index (χ1) is 11.6. The largest absolute Gasteiger partial charge is 0.497 e. The number of thiophene rings is 1. The zero-order chi connectivity index (χ0) is 17.1. The summed E-state index contributed by atoms with van der Waals surface area (Å²) in [6.07, 6.45) is 1.49. The van der Waals surface area contributed by atoms with E-state index in [1.54, 1.807) is 37.4 Å². The van der Waals surface area contributed by atoms with Gasteiger partial charge in [0.2, 0.25) is 0 Å². The van der Waals surface area contributed by atoms with Crippen molar-refractivity contribution in [3.63, 3.8) is 0 Å². The second kappa shape index (κ2) is 6.67. The molecule has 1 aliphatic heterocycles. The fourth-order valence-corrected chi connectivity index (χ4v) is 2.89. The number of carbonyl (C=O) groups is 3. The summed E-state index contributed by atoms with van der Waals surface area (Å²) < 4.78 is 5.08. The van der Waals surface area contributed by atoms with Crippen molar-refractivity contribution in [2.75, 3.05) is 7.11 Å². The molecule has 24 heavy (non-hydrogen) atoms. The number of nitrogens with zero attached hydrogens (tertiary/aromatic N) is 1. The molecule has 1 saturated heterocycles. The molecule has 0 saturated carbocycles. The van der Waals surface area contributed by atoms with E-state index >= 15 is 0 Å². The number of nitrogens with one attached hydrogen (secondary N) is 1. The number of rotatable bonds is 4. The predicted octanol–water partition coefficient (Wildman–Crippen LogP) is 2.42. The van der Waals surface area contributed by atoms with Crippen molar-refractivity contribution in [2.24, 2.45) is 0 Å². The molecule has 0 spiro atoms. The molecule has 4 amide bonds. The molecule has 1 N–H and O–H groups in total. The third-order valence-corrected chi connectivity index (χ3v) is 4.24. The summed E-state index contributed by atoms with van der Waals surface area (Å²) >= 11 is 1.46. The van der Waals surface area contributed by atoms with Gasteiger partial charge in [-0.2, -0.15) is 11.3 Å². The van der Waals surface area contributed by atoms with Crippen LogP contribution in [0.5, 0.6) is 5.75 Å². The summed E-state index contributed by atoms with van der Waals surface area (Å²) in [5, 5.41) is 5.87. The average Bonchev–Trinajstić information content (AvgIpc) is 3.09. The molecule has 0 atom stereocenters. The Morgan fingerprint density at radius 1 is 1.17 bits per heavy atom. The zero-order valence-corrected chi connectivity index (χ0v) is 13.6. The van der Waals surface area contributed by atoms with Crippen LogP contribution in [0.1, 0.15) is 11.1 Å². The first-order valence-corrected chi connectivity index (χ1v) is 8.07. The van der Waals surface area contributed by atoms with Gasteiger partial charge in [0.05, 0.1) is 13.7 Å². The summed E-state index contributed by atoms with van der Waals surface area (Å²) in [6, 6.07) is 8.09. The maximum atomic E-state index is 12.6. The third kappa shape index (κ3) is 3.21. The fourth-order valence-electron chi connectivity index (χ4n) is 2.27. The second-order valence-corrected chi connectivity index (χ2v) is 5.89. The maximum absolute atomic E-state index is 12.6. The molecule has 0 aliphatic carbocycles. The molecule has 3 rings (SSSR count). The van der Waals surface area contributed by atoms with Crippen LogP contribution in [0.15, 0.2) is 46.7 Å². The molecular formula is C17H14N2O4S. The summed E-state index contributed by atoms with van der Waals surface area (Å²) in [5.41, 5.74) is 1.45. The summed E-state index contributed by atoms with van der Waals surface area (Å²) in [7, 11) is 1.56. The van der Waals surface area contributed by atoms with Gasteiger partial charge in [0.1, 0.15) is 11.3 Å². The molecule has 1 fully saturated rings. The number of hydrogen-bond acceptors (Lipinski definition) is 5. The van der Waals surface area contributed by atoms with Crippen LogP contribution in [0.25, 0.3) is 6.08 Å². The summed E-state index contributed by atoms with van der Waals surface area (Å²) in [5.74, 6) is -0.602. The van der Waals surface area contributed by atoms with Crippen molar-refractivity contribution in [2.45, 2.75) is 6.54 Å². The van der Waals surface area contributed by atoms with E-state index in [2.05, 4.69) is 5.32 Å². The van der Waals surface area contributed by atoms with Gasteiger partial charge in [-0.05, 0) is 46.2 Å². The number of hydrogen-bond donors (Lipinski definition) is 1. The van der Waals surface area contributed by atoms with Crippen LogP contribution in [0, 0.1) is 0 Å². The quantitative estimate of drug-likeness (QED) is 0.684. The van der Waals surface area contributed by atoms with E-state index in [1.165, 1.54) is 17.4 Å². The van der Waals surface area contributed by atoms with Gasteiger partial charge in [-0.25, -0.2) is 4.79 Å². The van der Waals surface area contributed by atoms with Gasteiger partial charge in [-0.1, -0.05) is 12.1 Å². The molecule has 1 aliphatic rings. The van der Waals surface area contributed by atoms with E-state index in [0.717, 1.165) is 16.0 Å². The van der Waals surface area contributed by atoms with Crippen LogP contribution in [0.4, 0.5) is 4.79 Å². The summed E-state index contributed by atoms with van der Waals surface area (Å²) in [4.78, 5) is 37.5. The zero-order valence-electron chi connectivity index (χ0n) is 12.8. The third-order valence-electron chi connectivity index (χ3n) is 3.54. The van der Waals surface area contributed by atoms with Crippen LogP contribution >= 0.6 is 11.3 Å². The molecule has 1 aromatic carbocycles. The van der Waals surface area contributed by atoms with Gasteiger partial charge in [0.25, 0.3) is 11.8 Å².